The lowest BCUT2D eigenvalue weighted by molar-refractivity contribution is -0.123. The zero-order valence-corrected chi connectivity index (χ0v) is 14.5. The standard InChI is InChI=1S/C19H28FN3O/c1-15-6-2-4-8-17(15)21-19(24)14-22-10-12-23(13-11-22)18-9-5-3-7-16(18)20/h3,5,7,9,15,17H,2,4,6,8,10-14H2,1H3,(H,21,24)/t15-,17-/m1/s1. The van der Waals surface area contributed by atoms with Gasteiger partial charge in [0.15, 0.2) is 0 Å². The minimum atomic E-state index is -0.171. The number of amides is 1. The molecule has 0 bridgehead atoms. The Labute approximate surface area is 144 Å². The van der Waals surface area contributed by atoms with E-state index in [1.54, 1.807) is 6.07 Å². The number of carbonyl (C=O) groups excluding carboxylic acids is 1. The van der Waals surface area contributed by atoms with Crippen molar-refractivity contribution in [3.05, 3.63) is 30.1 Å². The van der Waals surface area contributed by atoms with Crippen molar-refractivity contribution in [1.29, 1.82) is 0 Å². The van der Waals surface area contributed by atoms with Crippen molar-refractivity contribution in [2.45, 2.75) is 38.6 Å². The Morgan fingerprint density at radius 2 is 1.88 bits per heavy atom. The predicted molar refractivity (Wildman–Crippen MR) is 94.6 cm³/mol. The van der Waals surface area contributed by atoms with Crippen molar-refractivity contribution in [3.8, 4) is 0 Å². The van der Waals surface area contributed by atoms with Gasteiger partial charge in [0.1, 0.15) is 5.82 Å². The first-order valence-corrected chi connectivity index (χ1v) is 9.14. The van der Waals surface area contributed by atoms with Crippen LogP contribution in [0, 0.1) is 11.7 Å². The molecule has 1 saturated heterocycles. The van der Waals surface area contributed by atoms with Crippen molar-refractivity contribution in [3.63, 3.8) is 0 Å². The molecule has 2 atom stereocenters. The van der Waals surface area contributed by atoms with Crippen LogP contribution >= 0.6 is 0 Å². The number of piperazine rings is 1. The first-order valence-electron chi connectivity index (χ1n) is 9.14. The zero-order chi connectivity index (χ0) is 16.9. The van der Waals surface area contributed by atoms with E-state index < -0.39 is 0 Å². The molecule has 0 unspecified atom stereocenters. The van der Waals surface area contributed by atoms with Gasteiger partial charge in [-0.1, -0.05) is 31.9 Å². The lowest BCUT2D eigenvalue weighted by atomic mass is 9.86. The largest absolute Gasteiger partial charge is 0.367 e. The first-order chi connectivity index (χ1) is 11.6. The van der Waals surface area contributed by atoms with Gasteiger partial charge in [-0.25, -0.2) is 4.39 Å². The minimum Gasteiger partial charge on any atom is -0.367 e. The molecule has 2 aliphatic rings. The Hall–Kier alpha value is -1.62. The smallest absolute Gasteiger partial charge is 0.234 e. The van der Waals surface area contributed by atoms with E-state index in [0.717, 1.165) is 32.6 Å². The van der Waals surface area contributed by atoms with E-state index in [9.17, 15) is 9.18 Å². The Morgan fingerprint density at radius 3 is 2.58 bits per heavy atom. The number of hydrogen-bond acceptors (Lipinski definition) is 3. The number of benzene rings is 1. The van der Waals surface area contributed by atoms with Crippen molar-refractivity contribution in [2.75, 3.05) is 37.6 Å². The molecule has 1 N–H and O–H groups in total. The molecular formula is C19H28FN3O. The Bertz CT molecular complexity index is 557. The van der Waals surface area contributed by atoms with Crippen LogP contribution < -0.4 is 10.2 Å². The first kappa shape index (κ1) is 17.2. The normalized spacial score (nSPS) is 25.5. The van der Waals surface area contributed by atoms with Crippen molar-refractivity contribution in [2.24, 2.45) is 5.92 Å². The summed E-state index contributed by atoms with van der Waals surface area (Å²) < 4.78 is 13.9. The molecule has 1 amide bonds. The number of nitrogens with zero attached hydrogens (tertiary/aromatic N) is 2. The summed E-state index contributed by atoms with van der Waals surface area (Å²) in [6.07, 6.45) is 4.82. The second kappa shape index (κ2) is 7.97. The van der Waals surface area contributed by atoms with E-state index >= 15 is 0 Å². The molecule has 1 aromatic rings. The van der Waals surface area contributed by atoms with E-state index in [4.69, 9.17) is 0 Å². The SMILES string of the molecule is C[C@@H]1CCCC[C@H]1NC(=O)CN1CCN(c2ccccc2F)CC1. The topological polar surface area (TPSA) is 35.6 Å². The second-order valence-electron chi connectivity index (χ2n) is 7.15. The van der Waals surface area contributed by atoms with Gasteiger partial charge in [0.25, 0.3) is 0 Å². The third kappa shape index (κ3) is 4.26. The Balaban J connectivity index is 1.45. The molecular weight excluding hydrogens is 305 g/mol. The maximum Gasteiger partial charge on any atom is 0.234 e. The van der Waals surface area contributed by atoms with Crippen LogP contribution in [0.25, 0.3) is 0 Å². The van der Waals surface area contributed by atoms with Gasteiger partial charge in [0.2, 0.25) is 5.91 Å². The highest BCUT2D eigenvalue weighted by Gasteiger charge is 2.25. The Morgan fingerprint density at radius 1 is 1.17 bits per heavy atom. The molecule has 24 heavy (non-hydrogen) atoms. The molecule has 1 saturated carbocycles. The van der Waals surface area contributed by atoms with Gasteiger partial charge in [0, 0.05) is 32.2 Å². The van der Waals surface area contributed by atoms with E-state index in [-0.39, 0.29) is 11.7 Å². The second-order valence-corrected chi connectivity index (χ2v) is 7.15. The Kier molecular flexibility index (Phi) is 5.72. The van der Waals surface area contributed by atoms with Gasteiger partial charge in [-0.2, -0.15) is 0 Å². The molecule has 3 rings (SSSR count). The van der Waals surface area contributed by atoms with Crippen LogP contribution in [0.4, 0.5) is 10.1 Å². The number of hydrogen-bond donors (Lipinski definition) is 1. The summed E-state index contributed by atoms with van der Waals surface area (Å²) in [7, 11) is 0. The average molecular weight is 333 g/mol. The summed E-state index contributed by atoms with van der Waals surface area (Å²) in [6.45, 7) is 5.79. The predicted octanol–water partition coefficient (Wildman–Crippen LogP) is 2.64. The van der Waals surface area contributed by atoms with Gasteiger partial charge >= 0.3 is 0 Å². The molecule has 0 aromatic heterocycles. The van der Waals surface area contributed by atoms with Gasteiger partial charge < -0.3 is 10.2 Å². The zero-order valence-electron chi connectivity index (χ0n) is 14.5. The third-order valence-corrected chi connectivity index (χ3v) is 5.39. The van der Waals surface area contributed by atoms with Gasteiger partial charge in [-0.05, 0) is 30.9 Å². The number of rotatable bonds is 4. The summed E-state index contributed by atoms with van der Waals surface area (Å²) in [6, 6.07) is 7.24. The number of anilines is 1. The molecule has 1 heterocycles. The highest BCUT2D eigenvalue weighted by molar-refractivity contribution is 5.78. The fourth-order valence-corrected chi connectivity index (χ4v) is 3.84. The summed E-state index contributed by atoms with van der Waals surface area (Å²) in [4.78, 5) is 16.5. The summed E-state index contributed by atoms with van der Waals surface area (Å²) >= 11 is 0. The molecule has 4 nitrogen and oxygen atoms in total. The van der Waals surface area contributed by atoms with Crippen LogP contribution in [0.5, 0.6) is 0 Å². The quantitative estimate of drug-likeness (QED) is 0.920. The van der Waals surface area contributed by atoms with E-state index in [2.05, 4.69) is 22.0 Å². The molecule has 132 valence electrons. The van der Waals surface area contributed by atoms with Crippen LogP contribution in [-0.4, -0.2) is 49.6 Å². The van der Waals surface area contributed by atoms with E-state index in [0.29, 0.717) is 24.2 Å². The van der Waals surface area contributed by atoms with Crippen LogP contribution in [-0.2, 0) is 4.79 Å². The maximum atomic E-state index is 13.9. The highest BCUT2D eigenvalue weighted by Crippen LogP contribution is 2.24. The lowest BCUT2D eigenvalue weighted by Crippen LogP contribution is -2.51. The van der Waals surface area contributed by atoms with Crippen LogP contribution in [0.2, 0.25) is 0 Å². The van der Waals surface area contributed by atoms with E-state index in [1.807, 2.05) is 12.1 Å². The lowest BCUT2D eigenvalue weighted by Gasteiger charge is -2.36. The molecule has 2 fully saturated rings. The minimum absolute atomic E-state index is 0.132. The third-order valence-electron chi connectivity index (χ3n) is 5.39. The summed E-state index contributed by atoms with van der Waals surface area (Å²) in [5.41, 5.74) is 0.664. The summed E-state index contributed by atoms with van der Waals surface area (Å²) in [5, 5.41) is 3.21. The molecule has 1 aliphatic carbocycles. The number of carbonyl (C=O) groups is 1. The molecule has 1 aliphatic heterocycles. The van der Waals surface area contributed by atoms with Crippen molar-refractivity contribution in [1.82, 2.24) is 10.2 Å². The molecule has 1 aromatic carbocycles. The van der Waals surface area contributed by atoms with Gasteiger partial charge in [0.05, 0.1) is 12.2 Å². The van der Waals surface area contributed by atoms with Crippen LogP contribution in [0.15, 0.2) is 24.3 Å². The number of nitrogens with one attached hydrogen (secondary N) is 1. The fraction of sp³-hybridized carbons (Fsp3) is 0.632. The monoisotopic (exact) mass is 333 g/mol. The molecule has 0 radical (unpaired) electrons. The summed E-state index contributed by atoms with van der Waals surface area (Å²) in [5.74, 6) is 0.545. The van der Waals surface area contributed by atoms with Crippen molar-refractivity contribution < 1.29 is 9.18 Å². The van der Waals surface area contributed by atoms with Crippen LogP contribution in [0.3, 0.4) is 0 Å². The van der Waals surface area contributed by atoms with Gasteiger partial charge in [-0.15, -0.1) is 0 Å². The van der Waals surface area contributed by atoms with Crippen molar-refractivity contribution >= 4 is 11.6 Å². The number of halogens is 1. The fourth-order valence-electron chi connectivity index (χ4n) is 3.84. The number of para-hydroxylation sites is 1. The maximum absolute atomic E-state index is 13.9. The van der Waals surface area contributed by atoms with Crippen LogP contribution in [0.1, 0.15) is 32.6 Å². The molecule has 0 spiro atoms. The highest BCUT2D eigenvalue weighted by atomic mass is 19.1. The average Bonchev–Trinajstić information content (AvgIpc) is 2.58. The van der Waals surface area contributed by atoms with E-state index in [1.165, 1.54) is 25.3 Å². The molecule has 5 heteroatoms. The van der Waals surface area contributed by atoms with Gasteiger partial charge in [-0.3, -0.25) is 9.69 Å².